The number of rotatable bonds is 7. The predicted molar refractivity (Wildman–Crippen MR) is 73.7 cm³/mol. The Morgan fingerprint density at radius 2 is 2.00 bits per heavy atom. The van der Waals surface area contributed by atoms with E-state index in [9.17, 15) is 4.79 Å². The molecule has 0 aliphatic carbocycles. The van der Waals surface area contributed by atoms with Gasteiger partial charge in [-0.2, -0.15) is 0 Å². The fraction of sp³-hybridized carbons (Fsp3) is 0.500. The molecule has 1 atom stereocenters. The summed E-state index contributed by atoms with van der Waals surface area (Å²) in [5.74, 6) is 0.321. The Morgan fingerprint density at radius 3 is 2.61 bits per heavy atom. The lowest BCUT2D eigenvalue weighted by Crippen LogP contribution is -2.30. The SMILES string of the molecule is CC(C)COCCNC(=O)C(Cl)c1ccccc1. The highest BCUT2D eigenvalue weighted by molar-refractivity contribution is 6.30. The van der Waals surface area contributed by atoms with Gasteiger partial charge in [0, 0.05) is 13.2 Å². The van der Waals surface area contributed by atoms with Crippen molar-refractivity contribution in [1.29, 1.82) is 0 Å². The summed E-state index contributed by atoms with van der Waals surface area (Å²) in [6, 6.07) is 9.30. The number of halogens is 1. The number of hydrogen-bond donors (Lipinski definition) is 1. The van der Waals surface area contributed by atoms with Gasteiger partial charge in [-0.3, -0.25) is 4.79 Å². The third-order valence-electron chi connectivity index (χ3n) is 2.32. The second kappa shape index (κ2) is 8.11. The number of carbonyl (C=O) groups excluding carboxylic acids is 1. The summed E-state index contributed by atoms with van der Waals surface area (Å²) in [5, 5.41) is 2.12. The Labute approximate surface area is 113 Å². The van der Waals surface area contributed by atoms with Crippen molar-refractivity contribution in [3.8, 4) is 0 Å². The molecule has 1 aromatic carbocycles. The number of nitrogens with one attached hydrogen (secondary N) is 1. The zero-order chi connectivity index (χ0) is 13.4. The van der Waals surface area contributed by atoms with Crippen molar-refractivity contribution in [3.63, 3.8) is 0 Å². The first-order valence-corrected chi connectivity index (χ1v) is 6.59. The molecule has 1 rings (SSSR count). The van der Waals surface area contributed by atoms with Crippen LogP contribution in [-0.4, -0.2) is 25.7 Å². The van der Waals surface area contributed by atoms with Gasteiger partial charge in [0.2, 0.25) is 5.91 Å². The second-order valence-corrected chi connectivity index (χ2v) is 4.97. The Balaban J connectivity index is 2.25. The largest absolute Gasteiger partial charge is 0.379 e. The molecule has 0 saturated heterocycles. The number of hydrogen-bond acceptors (Lipinski definition) is 2. The Bertz CT molecular complexity index is 354. The summed E-state index contributed by atoms with van der Waals surface area (Å²) < 4.78 is 5.37. The maximum absolute atomic E-state index is 11.7. The zero-order valence-electron chi connectivity index (χ0n) is 10.9. The lowest BCUT2D eigenvalue weighted by atomic mass is 10.1. The van der Waals surface area contributed by atoms with E-state index < -0.39 is 5.38 Å². The van der Waals surface area contributed by atoms with Crippen LogP contribution < -0.4 is 5.32 Å². The van der Waals surface area contributed by atoms with Crippen LogP contribution in [0.4, 0.5) is 0 Å². The Hall–Kier alpha value is -1.06. The minimum atomic E-state index is -0.642. The smallest absolute Gasteiger partial charge is 0.242 e. The van der Waals surface area contributed by atoms with Crippen molar-refractivity contribution >= 4 is 17.5 Å². The number of carbonyl (C=O) groups is 1. The van der Waals surface area contributed by atoms with Crippen molar-refractivity contribution in [2.75, 3.05) is 19.8 Å². The van der Waals surface area contributed by atoms with Gasteiger partial charge < -0.3 is 10.1 Å². The van der Waals surface area contributed by atoms with Gasteiger partial charge in [0.05, 0.1) is 6.61 Å². The Morgan fingerprint density at radius 1 is 1.33 bits per heavy atom. The van der Waals surface area contributed by atoms with Gasteiger partial charge in [0.25, 0.3) is 0 Å². The molecule has 0 aliphatic rings. The van der Waals surface area contributed by atoms with E-state index in [1.807, 2.05) is 30.3 Å². The van der Waals surface area contributed by atoms with E-state index in [0.29, 0.717) is 25.7 Å². The first kappa shape index (κ1) is 15.0. The highest BCUT2D eigenvalue weighted by atomic mass is 35.5. The van der Waals surface area contributed by atoms with Gasteiger partial charge in [-0.15, -0.1) is 11.6 Å². The van der Waals surface area contributed by atoms with Gasteiger partial charge in [0.1, 0.15) is 5.38 Å². The molecule has 18 heavy (non-hydrogen) atoms. The molecule has 100 valence electrons. The standard InChI is InChI=1S/C14H20ClNO2/c1-11(2)10-18-9-8-16-14(17)13(15)12-6-4-3-5-7-12/h3-7,11,13H,8-10H2,1-2H3,(H,16,17). The van der Waals surface area contributed by atoms with E-state index in [2.05, 4.69) is 19.2 Å². The number of amides is 1. The topological polar surface area (TPSA) is 38.3 Å². The van der Waals surface area contributed by atoms with Crippen molar-refractivity contribution in [3.05, 3.63) is 35.9 Å². The molecule has 1 amide bonds. The lowest BCUT2D eigenvalue weighted by molar-refractivity contribution is -0.121. The predicted octanol–water partition coefficient (Wildman–Crippen LogP) is 2.76. The normalized spacial score (nSPS) is 12.4. The number of alkyl halides is 1. The molecule has 1 aromatic rings. The van der Waals surface area contributed by atoms with Gasteiger partial charge in [-0.05, 0) is 11.5 Å². The summed E-state index contributed by atoms with van der Waals surface area (Å²) in [6.45, 7) is 5.88. The summed E-state index contributed by atoms with van der Waals surface area (Å²) in [6.07, 6.45) is 0. The highest BCUT2D eigenvalue weighted by Crippen LogP contribution is 2.19. The van der Waals surface area contributed by atoms with Crippen molar-refractivity contribution in [1.82, 2.24) is 5.32 Å². The summed E-state index contributed by atoms with van der Waals surface area (Å²) in [4.78, 5) is 11.7. The zero-order valence-corrected chi connectivity index (χ0v) is 11.6. The summed E-state index contributed by atoms with van der Waals surface area (Å²) in [7, 11) is 0. The number of ether oxygens (including phenoxy) is 1. The maximum atomic E-state index is 11.7. The molecule has 0 radical (unpaired) electrons. The molecule has 1 N–H and O–H groups in total. The van der Waals surface area contributed by atoms with Crippen LogP contribution in [0.5, 0.6) is 0 Å². The summed E-state index contributed by atoms with van der Waals surface area (Å²) >= 11 is 6.07. The van der Waals surface area contributed by atoms with Crippen LogP contribution in [-0.2, 0) is 9.53 Å². The molecular weight excluding hydrogens is 250 g/mol. The van der Waals surface area contributed by atoms with Gasteiger partial charge in [0.15, 0.2) is 0 Å². The average Bonchev–Trinajstić information content (AvgIpc) is 2.38. The highest BCUT2D eigenvalue weighted by Gasteiger charge is 2.16. The summed E-state index contributed by atoms with van der Waals surface area (Å²) in [5.41, 5.74) is 0.805. The molecule has 0 aliphatic heterocycles. The maximum Gasteiger partial charge on any atom is 0.242 e. The van der Waals surface area contributed by atoms with Crippen molar-refractivity contribution in [2.45, 2.75) is 19.2 Å². The lowest BCUT2D eigenvalue weighted by Gasteiger charge is -2.11. The average molecular weight is 270 g/mol. The molecule has 0 heterocycles. The van der Waals surface area contributed by atoms with E-state index in [-0.39, 0.29) is 5.91 Å². The van der Waals surface area contributed by atoms with E-state index in [1.54, 1.807) is 0 Å². The minimum Gasteiger partial charge on any atom is -0.379 e. The van der Waals surface area contributed by atoms with E-state index in [0.717, 1.165) is 5.56 Å². The Kier molecular flexibility index (Phi) is 6.76. The molecular formula is C14H20ClNO2. The van der Waals surface area contributed by atoms with E-state index in [4.69, 9.17) is 16.3 Å². The molecule has 0 fully saturated rings. The fourth-order valence-electron chi connectivity index (χ4n) is 1.43. The van der Waals surface area contributed by atoms with E-state index in [1.165, 1.54) is 0 Å². The van der Waals surface area contributed by atoms with Crippen molar-refractivity contribution < 1.29 is 9.53 Å². The van der Waals surface area contributed by atoms with Crippen molar-refractivity contribution in [2.24, 2.45) is 5.92 Å². The molecule has 0 spiro atoms. The van der Waals surface area contributed by atoms with Gasteiger partial charge in [-0.1, -0.05) is 44.2 Å². The van der Waals surface area contributed by atoms with Gasteiger partial charge >= 0.3 is 0 Å². The van der Waals surface area contributed by atoms with Crippen LogP contribution in [0.25, 0.3) is 0 Å². The molecule has 0 bridgehead atoms. The molecule has 1 unspecified atom stereocenters. The third kappa shape index (κ3) is 5.52. The first-order chi connectivity index (χ1) is 8.61. The fourth-order valence-corrected chi connectivity index (χ4v) is 1.65. The van der Waals surface area contributed by atoms with Crippen LogP contribution in [0.15, 0.2) is 30.3 Å². The molecule has 0 aromatic heterocycles. The van der Waals surface area contributed by atoms with Crippen LogP contribution in [0, 0.1) is 5.92 Å². The third-order valence-corrected chi connectivity index (χ3v) is 2.77. The van der Waals surface area contributed by atoms with Gasteiger partial charge in [-0.25, -0.2) is 0 Å². The number of benzene rings is 1. The second-order valence-electron chi connectivity index (χ2n) is 4.53. The van der Waals surface area contributed by atoms with Crippen LogP contribution >= 0.6 is 11.6 Å². The minimum absolute atomic E-state index is 0.184. The monoisotopic (exact) mass is 269 g/mol. The van der Waals surface area contributed by atoms with E-state index >= 15 is 0 Å². The van der Waals surface area contributed by atoms with Crippen LogP contribution in [0.1, 0.15) is 24.8 Å². The quantitative estimate of drug-likeness (QED) is 0.611. The van der Waals surface area contributed by atoms with Crippen LogP contribution in [0.2, 0.25) is 0 Å². The van der Waals surface area contributed by atoms with Crippen LogP contribution in [0.3, 0.4) is 0 Å². The molecule has 0 saturated carbocycles. The molecule has 4 heteroatoms. The molecule has 3 nitrogen and oxygen atoms in total. The first-order valence-electron chi connectivity index (χ1n) is 6.15.